The molecule has 1 saturated heterocycles. The van der Waals surface area contributed by atoms with Crippen molar-refractivity contribution in [2.24, 2.45) is 5.41 Å². The number of carbonyl (C=O) groups is 2. The molecule has 1 aromatic carbocycles. The third-order valence-electron chi connectivity index (χ3n) is 6.44. The number of carboxylic acids is 1. The molecule has 0 spiro atoms. The van der Waals surface area contributed by atoms with Crippen molar-refractivity contribution in [2.45, 2.75) is 50.4 Å². The highest BCUT2D eigenvalue weighted by Crippen LogP contribution is 2.44. The van der Waals surface area contributed by atoms with Crippen LogP contribution in [0.4, 0.5) is 0 Å². The van der Waals surface area contributed by atoms with E-state index in [4.69, 9.17) is 4.74 Å². The maximum Gasteiger partial charge on any atom is 0.314 e. The van der Waals surface area contributed by atoms with Crippen molar-refractivity contribution >= 4 is 11.9 Å². The molecule has 142 valence electrons. The van der Waals surface area contributed by atoms with Gasteiger partial charge in [-0.3, -0.25) is 9.59 Å². The van der Waals surface area contributed by atoms with E-state index in [0.29, 0.717) is 32.5 Å². The van der Waals surface area contributed by atoms with Crippen molar-refractivity contribution in [3.8, 4) is 0 Å². The molecule has 0 unspecified atom stereocenters. The zero-order chi connectivity index (χ0) is 18.6. The number of carbonyl (C=O) groups excluding carboxylic acids is 1. The summed E-state index contributed by atoms with van der Waals surface area (Å²) in [6.07, 6.45) is 5.74. The largest absolute Gasteiger partial charge is 0.481 e. The van der Waals surface area contributed by atoms with Gasteiger partial charge < -0.3 is 14.7 Å². The Morgan fingerprint density at radius 3 is 2.23 bits per heavy atom. The molecule has 0 aromatic heterocycles. The number of piperidine rings is 1. The number of methoxy groups -OCH3 is 1. The number of nitrogens with zero attached hydrogens (tertiary/aromatic N) is 1. The number of amides is 1. The molecule has 3 rings (SSSR count). The standard InChI is InChI=1S/C21H29NO4/c1-26-16-13-20(9-5-6-10-20)18(23)22-14-11-21(12-15-22,19(24)25)17-7-3-2-4-8-17/h2-4,7-8H,5-6,9-16H2,1H3,(H,24,25). The second kappa shape index (κ2) is 7.78. The molecule has 1 aliphatic carbocycles. The molecular formula is C21H29NO4. The van der Waals surface area contributed by atoms with E-state index >= 15 is 0 Å². The van der Waals surface area contributed by atoms with Crippen molar-refractivity contribution in [2.75, 3.05) is 26.8 Å². The Morgan fingerprint density at radius 2 is 1.69 bits per heavy atom. The fraction of sp³-hybridized carbons (Fsp3) is 0.619. The maximum absolute atomic E-state index is 13.3. The summed E-state index contributed by atoms with van der Waals surface area (Å²) in [6, 6.07) is 9.45. The van der Waals surface area contributed by atoms with E-state index in [2.05, 4.69) is 0 Å². The Bertz CT molecular complexity index is 629. The van der Waals surface area contributed by atoms with Crippen molar-refractivity contribution in [3.63, 3.8) is 0 Å². The molecule has 2 fully saturated rings. The third-order valence-corrected chi connectivity index (χ3v) is 6.44. The second-order valence-electron chi connectivity index (χ2n) is 7.78. The lowest BCUT2D eigenvalue weighted by molar-refractivity contribution is -0.152. The Balaban J connectivity index is 1.74. The van der Waals surface area contributed by atoms with Gasteiger partial charge in [-0.2, -0.15) is 0 Å². The van der Waals surface area contributed by atoms with Crippen molar-refractivity contribution < 1.29 is 19.4 Å². The van der Waals surface area contributed by atoms with Crippen LogP contribution in [0.3, 0.4) is 0 Å². The summed E-state index contributed by atoms with van der Waals surface area (Å²) >= 11 is 0. The lowest BCUT2D eigenvalue weighted by Gasteiger charge is -2.42. The van der Waals surface area contributed by atoms with Gasteiger partial charge in [-0.25, -0.2) is 0 Å². The van der Waals surface area contributed by atoms with Gasteiger partial charge in [0.05, 0.1) is 10.8 Å². The number of likely N-dealkylation sites (tertiary alicyclic amines) is 1. The van der Waals surface area contributed by atoms with Gasteiger partial charge in [0.25, 0.3) is 0 Å². The number of aliphatic carboxylic acids is 1. The van der Waals surface area contributed by atoms with Crippen LogP contribution in [-0.2, 0) is 19.7 Å². The average molecular weight is 359 g/mol. The molecular weight excluding hydrogens is 330 g/mol. The van der Waals surface area contributed by atoms with Gasteiger partial charge in [0, 0.05) is 26.8 Å². The van der Waals surface area contributed by atoms with Crippen molar-refractivity contribution in [3.05, 3.63) is 35.9 Å². The SMILES string of the molecule is COCCC1(C(=O)N2CCC(C(=O)O)(c3ccccc3)CC2)CCCC1. The molecule has 26 heavy (non-hydrogen) atoms. The fourth-order valence-electron chi connectivity index (χ4n) is 4.73. The minimum absolute atomic E-state index is 0.208. The highest BCUT2D eigenvalue weighted by atomic mass is 16.5. The molecule has 0 atom stereocenters. The summed E-state index contributed by atoms with van der Waals surface area (Å²) in [7, 11) is 1.68. The van der Waals surface area contributed by atoms with Crippen LogP contribution in [0.25, 0.3) is 0 Å². The van der Waals surface area contributed by atoms with Crippen LogP contribution >= 0.6 is 0 Å². The number of hydrogen-bond donors (Lipinski definition) is 1. The second-order valence-corrected chi connectivity index (χ2v) is 7.78. The van der Waals surface area contributed by atoms with Crippen LogP contribution < -0.4 is 0 Å². The minimum Gasteiger partial charge on any atom is -0.481 e. The number of rotatable bonds is 6. The first-order valence-electron chi connectivity index (χ1n) is 9.61. The van der Waals surface area contributed by atoms with Crippen LogP contribution in [0.1, 0.15) is 50.5 Å². The molecule has 1 saturated carbocycles. The zero-order valence-electron chi connectivity index (χ0n) is 15.6. The molecule has 2 aliphatic rings. The summed E-state index contributed by atoms with van der Waals surface area (Å²) in [5.74, 6) is -0.579. The Morgan fingerprint density at radius 1 is 1.08 bits per heavy atom. The Kier molecular flexibility index (Phi) is 5.66. The molecule has 1 amide bonds. The smallest absolute Gasteiger partial charge is 0.314 e. The number of carboxylic acid groups (broad SMARTS) is 1. The highest BCUT2D eigenvalue weighted by Gasteiger charge is 2.48. The first-order chi connectivity index (χ1) is 12.5. The van der Waals surface area contributed by atoms with Gasteiger partial charge >= 0.3 is 5.97 Å². The lowest BCUT2D eigenvalue weighted by Crippen LogP contribution is -2.52. The van der Waals surface area contributed by atoms with Gasteiger partial charge in [0.15, 0.2) is 0 Å². The van der Waals surface area contributed by atoms with E-state index in [1.807, 2.05) is 35.2 Å². The molecule has 0 bridgehead atoms. The number of ether oxygens (including phenoxy) is 1. The summed E-state index contributed by atoms with van der Waals surface area (Å²) < 4.78 is 5.24. The topological polar surface area (TPSA) is 66.8 Å². The summed E-state index contributed by atoms with van der Waals surface area (Å²) in [5.41, 5.74) is -0.339. The van der Waals surface area contributed by atoms with Crippen LogP contribution in [0.15, 0.2) is 30.3 Å². The predicted octanol–water partition coefficient (Wildman–Crippen LogP) is 3.23. The third kappa shape index (κ3) is 3.37. The molecule has 1 heterocycles. The monoisotopic (exact) mass is 359 g/mol. The zero-order valence-corrected chi connectivity index (χ0v) is 15.6. The van der Waals surface area contributed by atoms with Gasteiger partial charge in [0.1, 0.15) is 0 Å². The minimum atomic E-state index is -0.882. The molecule has 5 heteroatoms. The normalized spacial score (nSPS) is 21.5. The van der Waals surface area contributed by atoms with Crippen LogP contribution in [0, 0.1) is 5.41 Å². The van der Waals surface area contributed by atoms with Crippen LogP contribution in [0.2, 0.25) is 0 Å². The van der Waals surface area contributed by atoms with Gasteiger partial charge in [-0.15, -0.1) is 0 Å². The van der Waals surface area contributed by atoms with Gasteiger partial charge in [0.2, 0.25) is 5.91 Å². The molecule has 0 radical (unpaired) electrons. The average Bonchev–Trinajstić information content (AvgIpc) is 3.16. The molecule has 1 aliphatic heterocycles. The molecule has 5 nitrogen and oxygen atoms in total. The van der Waals surface area contributed by atoms with E-state index in [-0.39, 0.29) is 11.3 Å². The predicted molar refractivity (Wildman–Crippen MR) is 99.0 cm³/mol. The first kappa shape index (κ1) is 18.9. The quantitative estimate of drug-likeness (QED) is 0.847. The summed E-state index contributed by atoms with van der Waals surface area (Å²) in [4.78, 5) is 27.3. The maximum atomic E-state index is 13.3. The van der Waals surface area contributed by atoms with Crippen LogP contribution in [-0.4, -0.2) is 48.7 Å². The highest BCUT2D eigenvalue weighted by molar-refractivity contribution is 5.85. The van der Waals surface area contributed by atoms with Gasteiger partial charge in [-0.1, -0.05) is 43.2 Å². The van der Waals surface area contributed by atoms with E-state index in [1.165, 1.54) is 0 Å². The molecule has 1 N–H and O–H groups in total. The fourth-order valence-corrected chi connectivity index (χ4v) is 4.73. The van der Waals surface area contributed by atoms with E-state index in [0.717, 1.165) is 37.7 Å². The van der Waals surface area contributed by atoms with E-state index in [9.17, 15) is 14.7 Å². The lowest BCUT2D eigenvalue weighted by atomic mass is 9.72. The first-order valence-corrected chi connectivity index (χ1v) is 9.61. The van der Waals surface area contributed by atoms with Gasteiger partial charge in [-0.05, 0) is 37.7 Å². The van der Waals surface area contributed by atoms with Crippen molar-refractivity contribution in [1.29, 1.82) is 0 Å². The number of hydrogen-bond acceptors (Lipinski definition) is 3. The van der Waals surface area contributed by atoms with Crippen molar-refractivity contribution in [1.82, 2.24) is 4.90 Å². The summed E-state index contributed by atoms with van der Waals surface area (Å²) in [5, 5.41) is 9.93. The van der Waals surface area contributed by atoms with E-state index in [1.54, 1.807) is 7.11 Å². The Hall–Kier alpha value is -1.88. The van der Waals surface area contributed by atoms with E-state index < -0.39 is 11.4 Å². The summed E-state index contributed by atoms with van der Waals surface area (Å²) in [6.45, 7) is 1.62. The molecule has 1 aromatic rings. The number of benzene rings is 1. The van der Waals surface area contributed by atoms with Crippen LogP contribution in [0.5, 0.6) is 0 Å². The Labute approximate surface area is 155 Å².